The summed E-state index contributed by atoms with van der Waals surface area (Å²) in [5.74, 6) is -2.76. The molecule has 21 heavy (non-hydrogen) atoms. The first-order valence-corrected chi connectivity index (χ1v) is 3.31. The third-order valence-corrected chi connectivity index (χ3v) is 1.44. The summed E-state index contributed by atoms with van der Waals surface area (Å²) >= 11 is 0. The van der Waals surface area contributed by atoms with Gasteiger partial charge in [-0.1, -0.05) is 18.2 Å². The third kappa shape index (κ3) is 13.3. The second kappa shape index (κ2) is 23.7. The van der Waals surface area contributed by atoms with Gasteiger partial charge in [0.25, 0.3) is 0 Å². The molecule has 0 aliphatic heterocycles. The van der Waals surface area contributed by atoms with E-state index in [0.717, 1.165) is 6.07 Å². The molecular formula is C8H18MgO12. The van der Waals surface area contributed by atoms with E-state index in [0.29, 0.717) is 0 Å². The van der Waals surface area contributed by atoms with E-state index in [4.69, 9.17) is 0 Å². The summed E-state index contributed by atoms with van der Waals surface area (Å²) in [4.78, 5) is 24.3. The van der Waals surface area contributed by atoms with Crippen molar-refractivity contribution in [3.63, 3.8) is 0 Å². The maximum absolute atomic E-state index is 10.7. The van der Waals surface area contributed by atoms with Crippen LogP contribution >= 0.6 is 0 Å². The van der Waals surface area contributed by atoms with Gasteiger partial charge in [-0.2, -0.15) is 0 Å². The molecule has 1 aromatic rings. The Morgan fingerprint density at radius 1 is 0.810 bits per heavy atom. The normalized spacial score (nSPS) is 5.76. The molecule has 0 bridgehead atoms. The number of hydrogen-bond acceptors (Lipinski definition) is 5. The van der Waals surface area contributed by atoms with E-state index in [9.17, 15) is 20.0 Å². The predicted octanol–water partition coefficient (Wildman–Crippen LogP) is -7.67. The zero-order valence-corrected chi connectivity index (χ0v) is 12.0. The number of rotatable bonds is 2. The van der Waals surface area contributed by atoms with Crippen LogP contribution in [0.5, 0.6) is 0 Å². The zero-order chi connectivity index (χ0) is 9.84. The SMILES string of the molecule is O.O.O.O.O.O.O.O=C([O-])c1ccccc1C(=O)O[O-].[Mg+2]. The first kappa shape index (κ1) is 50.4. The summed E-state index contributed by atoms with van der Waals surface area (Å²) in [7, 11) is 0. The van der Waals surface area contributed by atoms with Crippen molar-refractivity contribution in [3.8, 4) is 0 Å². The van der Waals surface area contributed by atoms with Crippen molar-refractivity contribution in [1.82, 2.24) is 0 Å². The topological polar surface area (TPSA) is 310 Å². The molecule has 0 saturated heterocycles. The minimum atomic E-state index is -1.53. The molecule has 1 rings (SSSR count). The van der Waals surface area contributed by atoms with Gasteiger partial charge in [0.05, 0.1) is 11.5 Å². The molecule has 14 N–H and O–H groups in total. The summed E-state index contributed by atoms with van der Waals surface area (Å²) in [6.07, 6.45) is 0. The van der Waals surface area contributed by atoms with Gasteiger partial charge in [-0.05, 0) is 6.07 Å². The molecule has 0 radical (unpaired) electrons. The van der Waals surface area contributed by atoms with E-state index in [1.807, 2.05) is 0 Å². The summed E-state index contributed by atoms with van der Waals surface area (Å²) in [6, 6.07) is 5.15. The fraction of sp³-hybridized carbons (Fsp3) is 0. The van der Waals surface area contributed by atoms with Crippen LogP contribution in [0.4, 0.5) is 0 Å². The number of carboxylic acid groups (broad SMARTS) is 1. The molecular weight excluding hydrogens is 312 g/mol. The van der Waals surface area contributed by atoms with Crippen molar-refractivity contribution in [1.29, 1.82) is 0 Å². The fourth-order valence-corrected chi connectivity index (χ4v) is 0.884. The second-order valence-corrected chi connectivity index (χ2v) is 2.20. The third-order valence-electron chi connectivity index (χ3n) is 1.44. The molecule has 0 spiro atoms. The molecule has 0 saturated carbocycles. The molecule has 0 aromatic heterocycles. The van der Waals surface area contributed by atoms with Gasteiger partial charge in [0.15, 0.2) is 0 Å². The maximum Gasteiger partial charge on any atom is 2.00 e. The van der Waals surface area contributed by atoms with E-state index >= 15 is 0 Å². The Bertz CT molecular complexity index is 357. The van der Waals surface area contributed by atoms with Crippen LogP contribution in [0.1, 0.15) is 20.7 Å². The van der Waals surface area contributed by atoms with E-state index in [1.54, 1.807) is 0 Å². The molecule has 1 aromatic carbocycles. The van der Waals surface area contributed by atoms with Crippen LogP contribution in [0.15, 0.2) is 24.3 Å². The standard InChI is InChI=1S/C8H6O5.Mg.7H2O/c9-7(10)5-3-1-2-4-6(5)8(11)13-12;;;;;;;;/h1-4,12H,(H,9,10);;7*1H2/q;+2;;;;;;;/p-2. The van der Waals surface area contributed by atoms with Gasteiger partial charge >= 0.3 is 29.0 Å². The first-order valence-electron chi connectivity index (χ1n) is 3.31. The van der Waals surface area contributed by atoms with Gasteiger partial charge in [0.2, 0.25) is 0 Å². The van der Waals surface area contributed by atoms with Gasteiger partial charge in [-0.15, -0.1) is 0 Å². The smallest absolute Gasteiger partial charge is 0.661 e. The summed E-state index contributed by atoms with van der Waals surface area (Å²) < 4.78 is 0. The van der Waals surface area contributed by atoms with Gasteiger partial charge in [-0.25, -0.2) is 4.79 Å². The van der Waals surface area contributed by atoms with E-state index in [2.05, 4.69) is 4.89 Å². The van der Waals surface area contributed by atoms with E-state index in [1.165, 1.54) is 18.2 Å². The Morgan fingerprint density at radius 3 is 1.43 bits per heavy atom. The Morgan fingerprint density at radius 2 is 1.14 bits per heavy atom. The van der Waals surface area contributed by atoms with Gasteiger partial charge in [0, 0.05) is 5.56 Å². The van der Waals surface area contributed by atoms with Gasteiger partial charge in [0.1, 0.15) is 0 Å². The molecule has 13 heteroatoms. The van der Waals surface area contributed by atoms with Crippen molar-refractivity contribution in [2.45, 2.75) is 0 Å². The Balaban J connectivity index is -0.0000000352. The molecule has 0 aliphatic rings. The molecule has 0 heterocycles. The van der Waals surface area contributed by atoms with Crippen LogP contribution < -0.4 is 10.4 Å². The van der Waals surface area contributed by atoms with Crippen LogP contribution in [0.25, 0.3) is 0 Å². The Labute approximate surface area is 134 Å². The van der Waals surface area contributed by atoms with Crippen LogP contribution in [0, 0.1) is 0 Å². The van der Waals surface area contributed by atoms with Crippen molar-refractivity contribution in [2.75, 3.05) is 0 Å². The number of carboxylic acids is 1. The van der Waals surface area contributed by atoms with Crippen LogP contribution in [0.3, 0.4) is 0 Å². The number of benzene rings is 1. The van der Waals surface area contributed by atoms with E-state index in [-0.39, 0.29) is 72.5 Å². The van der Waals surface area contributed by atoms with Gasteiger partial charge < -0.3 is 58.4 Å². The van der Waals surface area contributed by atoms with Crippen molar-refractivity contribution >= 4 is 35.0 Å². The molecule has 0 fully saturated rings. The molecule has 0 atom stereocenters. The molecule has 0 unspecified atom stereocenters. The first-order chi connectivity index (χ1) is 6.16. The average molecular weight is 331 g/mol. The van der Waals surface area contributed by atoms with Crippen molar-refractivity contribution < 1.29 is 63.2 Å². The number of hydrogen-bond donors (Lipinski definition) is 0. The van der Waals surface area contributed by atoms with Gasteiger partial charge in [-0.3, -0.25) is 0 Å². The fourth-order valence-electron chi connectivity index (χ4n) is 0.884. The Kier molecular flexibility index (Phi) is 56.8. The Hall–Kier alpha value is -1.39. The minimum Gasteiger partial charge on any atom is -0.661 e. The number of carbonyl (C=O) groups is 2. The van der Waals surface area contributed by atoms with E-state index < -0.39 is 11.9 Å². The quantitative estimate of drug-likeness (QED) is 0.288. The molecule has 124 valence electrons. The molecule has 12 nitrogen and oxygen atoms in total. The minimum absolute atomic E-state index is 0. The average Bonchev–Trinajstić information content (AvgIpc) is 2.16. The van der Waals surface area contributed by atoms with Crippen molar-refractivity contribution in [2.24, 2.45) is 0 Å². The largest absolute Gasteiger partial charge is 2.00 e. The molecule has 0 aliphatic carbocycles. The summed E-state index contributed by atoms with van der Waals surface area (Å²) in [5.41, 5.74) is -0.666. The second-order valence-electron chi connectivity index (χ2n) is 2.20. The number of carbonyl (C=O) groups excluding carboxylic acids is 2. The maximum atomic E-state index is 10.7. The predicted molar refractivity (Wildman–Crippen MR) is 67.2 cm³/mol. The van der Waals surface area contributed by atoms with Crippen molar-refractivity contribution in [3.05, 3.63) is 35.4 Å². The summed E-state index contributed by atoms with van der Waals surface area (Å²) in [5, 5.41) is 20.2. The molecule has 0 amide bonds. The van der Waals surface area contributed by atoms with Crippen LogP contribution in [-0.2, 0) is 4.89 Å². The van der Waals surface area contributed by atoms with Crippen LogP contribution in [0.2, 0.25) is 0 Å². The van der Waals surface area contributed by atoms with Crippen LogP contribution in [-0.4, -0.2) is 73.3 Å². The zero-order valence-electron chi connectivity index (χ0n) is 10.6. The monoisotopic (exact) mass is 330 g/mol. The number of aromatic carboxylic acids is 1. The summed E-state index contributed by atoms with van der Waals surface area (Å²) in [6.45, 7) is 0.